The van der Waals surface area contributed by atoms with Crippen LogP contribution in [0.5, 0.6) is 0 Å². The van der Waals surface area contributed by atoms with Crippen LogP contribution in [0.2, 0.25) is 0 Å². The molecule has 0 bridgehead atoms. The van der Waals surface area contributed by atoms with E-state index in [1.165, 1.54) is 11.0 Å². The topological polar surface area (TPSA) is 49.4 Å². The SMILES string of the molecule is Cc1ccc(N2CCC(=O)NC(C3CC3)C2=O)c(F)c1. The highest BCUT2D eigenvalue weighted by Gasteiger charge is 2.41. The Balaban J connectivity index is 1.93. The Morgan fingerprint density at radius 3 is 2.70 bits per heavy atom. The zero-order chi connectivity index (χ0) is 14.3. The zero-order valence-electron chi connectivity index (χ0n) is 11.4. The molecule has 1 aromatic rings. The number of anilines is 1. The van der Waals surface area contributed by atoms with E-state index in [9.17, 15) is 14.0 Å². The molecule has 0 spiro atoms. The van der Waals surface area contributed by atoms with Crippen LogP contribution < -0.4 is 10.2 Å². The van der Waals surface area contributed by atoms with Crippen molar-refractivity contribution in [1.29, 1.82) is 0 Å². The van der Waals surface area contributed by atoms with Gasteiger partial charge in [-0.25, -0.2) is 4.39 Å². The fourth-order valence-corrected chi connectivity index (χ4v) is 2.62. The maximum atomic E-state index is 14.1. The predicted molar refractivity (Wildman–Crippen MR) is 72.8 cm³/mol. The van der Waals surface area contributed by atoms with E-state index in [1.54, 1.807) is 19.1 Å². The van der Waals surface area contributed by atoms with Crippen LogP contribution in [0.15, 0.2) is 18.2 Å². The van der Waals surface area contributed by atoms with Crippen LogP contribution in [0.3, 0.4) is 0 Å². The molecule has 1 saturated heterocycles. The van der Waals surface area contributed by atoms with Crippen LogP contribution in [0, 0.1) is 18.7 Å². The average Bonchev–Trinajstić information content (AvgIpc) is 3.21. The van der Waals surface area contributed by atoms with E-state index in [1.807, 2.05) is 0 Å². The van der Waals surface area contributed by atoms with Gasteiger partial charge in [0.15, 0.2) is 0 Å². The summed E-state index contributed by atoms with van der Waals surface area (Å²) in [7, 11) is 0. The summed E-state index contributed by atoms with van der Waals surface area (Å²) in [5.74, 6) is -0.533. The fraction of sp³-hybridized carbons (Fsp3) is 0.467. The molecule has 2 aliphatic rings. The maximum Gasteiger partial charge on any atom is 0.249 e. The Morgan fingerprint density at radius 2 is 2.05 bits per heavy atom. The van der Waals surface area contributed by atoms with Crippen molar-refractivity contribution in [3.05, 3.63) is 29.6 Å². The molecule has 3 rings (SSSR count). The fourth-order valence-electron chi connectivity index (χ4n) is 2.62. The second-order valence-corrected chi connectivity index (χ2v) is 5.58. The van der Waals surface area contributed by atoms with Gasteiger partial charge in [-0.15, -0.1) is 0 Å². The van der Waals surface area contributed by atoms with Gasteiger partial charge in [-0.05, 0) is 43.4 Å². The van der Waals surface area contributed by atoms with Crippen LogP contribution in [0.25, 0.3) is 0 Å². The second-order valence-electron chi connectivity index (χ2n) is 5.58. The maximum absolute atomic E-state index is 14.1. The van der Waals surface area contributed by atoms with Gasteiger partial charge in [0.2, 0.25) is 11.8 Å². The summed E-state index contributed by atoms with van der Waals surface area (Å²) >= 11 is 0. The largest absolute Gasteiger partial charge is 0.344 e. The van der Waals surface area contributed by atoms with Crippen molar-refractivity contribution in [1.82, 2.24) is 5.32 Å². The van der Waals surface area contributed by atoms with Crippen molar-refractivity contribution < 1.29 is 14.0 Å². The molecule has 4 nitrogen and oxygen atoms in total. The molecule has 0 radical (unpaired) electrons. The molecular weight excluding hydrogens is 259 g/mol. The van der Waals surface area contributed by atoms with Crippen molar-refractivity contribution >= 4 is 17.5 Å². The summed E-state index contributed by atoms with van der Waals surface area (Å²) in [5, 5.41) is 2.77. The minimum absolute atomic E-state index is 0.134. The third-order valence-corrected chi connectivity index (χ3v) is 3.90. The summed E-state index contributed by atoms with van der Waals surface area (Å²) in [5.41, 5.74) is 1.07. The van der Waals surface area contributed by atoms with E-state index in [0.29, 0.717) is 0 Å². The number of carbonyl (C=O) groups excluding carboxylic acids is 2. The van der Waals surface area contributed by atoms with Crippen molar-refractivity contribution in [2.45, 2.75) is 32.2 Å². The number of hydrogen-bond acceptors (Lipinski definition) is 2. The van der Waals surface area contributed by atoms with Gasteiger partial charge in [-0.3, -0.25) is 9.59 Å². The number of benzene rings is 1. The van der Waals surface area contributed by atoms with E-state index in [-0.39, 0.29) is 36.4 Å². The summed E-state index contributed by atoms with van der Waals surface area (Å²) in [6.45, 7) is 2.03. The van der Waals surface area contributed by atoms with Crippen molar-refractivity contribution in [2.75, 3.05) is 11.4 Å². The number of hydrogen-bond donors (Lipinski definition) is 1. The van der Waals surface area contributed by atoms with Gasteiger partial charge in [-0.2, -0.15) is 0 Å². The van der Waals surface area contributed by atoms with E-state index in [4.69, 9.17) is 0 Å². The van der Waals surface area contributed by atoms with Gasteiger partial charge in [0.1, 0.15) is 11.9 Å². The van der Waals surface area contributed by atoms with Gasteiger partial charge in [-0.1, -0.05) is 6.07 Å². The lowest BCUT2D eigenvalue weighted by Gasteiger charge is -2.24. The summed E-state index contributed by atoms with van der Waals surface area (Å²) < 4.78 is 14.1. The first kappa shape index (κ1) is 13.1. The predicted octanol–water partition coefficient (Wildman–Crippen LogP) is 1.77. The van der Waals surface area contributed by atoms with Crippen LogP contribution in [-0.4, -0.2) is 24.4 Å². The standard InChI is InChI=1S/C15H17FN2O2/c1-9-2-5-12(11(16)8-9)18-7-6-13(19)17-14(15(18)20)10-3-4-10/h2,5,8,10,14H,3-4,6-7H2,1H3,(H,17,19). The molecule has 2 amide bonds. The summed E-state index contributed by atoms with van der Waals surface area (Å²) in [4.78, 5) is 25.7. The zero-order valence-corrected chi connectivity index (χ0v) is 11.4. The smallest absolute Gasteiger partial charge is 0.249 e. The molecule has 1 aliphatic carbocycles. The van der Waals surface area contributed by atoms with E-state index in [0.717, 1.165) is 18.4 Å². The number of nitrogens with zero attached hydrogens (tertiary/aromatic N) is 1. The molecule has 1 saturated carbocycles. The molecule has 106 valence electrons. The second kappa shape index (κ2) is 4.89. The first-order valence-electron chi connectivity index (χ1n) is 6.93. The lowest BCUT2D eigenvalue weighted by atomic mass is 10.1. The monoisotopic (exact) mass is 276 g/mol. The van der Waals surface area contributed by atoms with Gasteiger partial charge in [0, 0.05) is 13.0 Å². The molecule has 1 aliphatic heterocycles. The van der Waals surface area contributed by atoms with Crippen LogP contribution in [0.1, 0.15) is 24.8 Å². The summed E-state index contributed by atoms with van der Waals surface area (Å²) in [6, 6.07) is 4.31. The van der Waals surface area contributed by atoms with Crippen LogP contribution >= 0.6 is 0 Å². The normalized spacial score (nSPS) is 23.5. The minimum Gasteiger partial charge on any atom is -0.344 e. The van der Waals surface area contributed by atoms with Gasteiger partial charge < -0.3 is 10.2 Å². The minimum atomic E-state index is -0.495. The molecule has 1 atom stereocenters. The summed E-state index contributed by atoms with van der Waals surface area (Å²) in [6.07, 6.45) is 2.10. The van der Waals surface area contributed by atoms with Crippen molar-refractivity contribution in [2.24, 2.45) is 5.92 Å². The third-order valence-electron chi connectivity index (χ3n) is 3.90. The first-order valence-corrected chi connectivity index (χ1v) is 6.93. The Hall–Kier alpha value is -1.91. The highest BCUT2D eigenvalue weighted by atomic mass is 19.1. The van der Waals surface area contributed by atoms with Crippen molar-refractivity contribution in [3.63, 3.8) is 0 Å². The molecule has 1 N–H and O–H groups in total. The first-order chi connectivity index (χ1) is 9.56. The number of nitrogens with one attached hydrogen (secondary N) is 1. The highest BCUT2D eigenvalue weighted by molar-refractivity contribution is 6.01. The molecule has 1 unspecified atom stereocenters. The Labute approximate surface area is 117 Å². The lowest BCUT2D eigenvalue weighted by molar-refractivity contribution is -0.126. The average molecular weight is 276 g/mol. The number of aryl methyl sites for hydroxylation is 1. The molecule has 5 heteroatoms. The Morgan fingerprint density at radius 1 is 1.30 bits per heavy atom. The van der Waals surface area contributed by atoms with E-state index in [2.05, 4.69) is 5.32 Å². The number of halogens is 1. The number of carbonyl (C=O) groups is 2. The molecule has 0 aromatic heterocycles. The van der Waals surface area contributed by atoms with Gasteiger partial charge in [0.05, 0.1) is 5.69 Å². The van der Waals surface area contributed by atoms with E-state index >= 15 is 0 Å². The lowest BCUT2D eigenvalue weighted by Crippen LogP contribution is -2.46. The molecular formula is C15H17FN2O2. The van der Waals surface area contributed by atoms with Crippen molar-refractivity contribution in [3.8, 4) is 0 Å². The molecule has 1 aromatic carbocycles. The Kier molecular flexibility index (Phi) is 3.20. The number of amides is 2. The van der Waals surface area contributed by atoms with Gasteiger partial charge >= 0.3 is 0 Å². The molecule has 1 heterocycles. The quantitative estimate of drug-likeness (QED) is 0.895. The highest BCUT2D eigenvalue weighted by Crippen LogP contribution is 2.35. The molecule has 2 fully saturated rings. The van der Waals surface area contributed by atoms with Gasteiger partial charge in [0.25, 0.3) is 0 Å². The number of rotatable bonds is 2. The van der Waals surface area contributed by atoms with Crippen LogP contribution in [0.4, 0.5) is 10.1 Å². The van der Waals surface area contributed by atoms with Crippen LogP contribution in [-0.2, 0) is 9.59 Å². The Bertz CT molecular complexity index is 569. The molecule has 20 heavy (non-hydrogen) atoms. The third kappa shape index (κ3) is 2.40. The van der Waals surface area contributed by atoms with E-state index < -0.39 is 11.9 Å².